The average molecular weight is 499 g/mol. The van der Waals surface area contributed by atoms with Crippen molar-refractivity contribution in [3.8, 4) is 12.3 Å². The van der Waals surface area contributed by atoms with E-state index in [0.717, 1.165) is 0 Å². The van der Waals surface area contributed by atoms with Crippen LogP contribution in [0.2, 0.25) is 0 Å². The van der Waals surface area contributed by atoms with E-state index in [1.54, 1.807) is 0 Å². The molecule has 1 aliphatic heterocycles. The number of terminal acetylenes is 1. The molecule has 3 rings (SSSR count). The van der Waals surface area contributed by atoms with Crippen LogP contribution in [0.25, 0.3) is 5.65 Å². The molecule has 16 nitrogen and oxygen atoms in total. The molecule has 0 amide bonds. The molecular weight excluding hydrogens is 483 g/mol. The first kappa shape index (κ1) is 23.9. The molecule has 19 heteroatoms. The average Bonchev–Trinajstić information content (AvgIpc) is 3.22. The summed E-state index contributed by atoms with van der Waals surface area (Å²) in [6, 6.07) is 0. The molecule has 0 spiro atoms. The molecule has 4 atom stereocenters. The van der Waals surface area contributed by atoms with Gasteiger partial charge in [0, 0.05) is 11.5 Å². The van der Waals surface area contributed by atoms with E-state index < -0.39 is 35.7 Å². The van der Waals surface area contributed by atoms with Gasteiger partial charge in [0.1, 0.15) is 6.33 Å². The van der Waals surface area contributed by atoms with Crippen LogP contribution in [0, 0.1) is 12.3 Å². The summed E-state index contributed by atoms with van der Waals surface area (Å²) in [5.41, 5.74) is 5.20. The van der Waals surface area contributed by atoms with Gasteiger partial charge < -0.3 is 30.0 Å². The van der Waals surface area contributed by atoms with Crippen LogP contribution in [0.4, 0.5) is 5.95 Å². The molecule has 1 saturated heterocycles. The van der Waals surface area contributed by atoms with Crippen molar-refractivity contribution in [1.29, 1.82) is 0 Å². The third-order valence-electron chi connectivity index (χ3n) is 4.07. The number of hydrogen-bond donors (Lipinski definition) is 5. The van der Waals surface area contributed by atoms with Crippen LogP contribution in [-0.4, -0.2) is 58.0 Å². The highest BCUT2D eigenvalue weighted by Crippen LogP contribution is 2.66. The van der Waals surface area contributed by atoms with Gasteiger partial charge in [-0.05, 0) is 6.42 Å². The molecule has 0 saturated carbocycles. The number of rotatable bonds is 8. The summed E-state index contributed by atoms with van der Waals surface area (Å²) in [4.78, 5) is 43.8. The zero-order chi connectivity index (χ0) is 23.1. The van der Waals surface area contributed by atoms with E-state index in [-0.39, 0.29) is 24.9 Å². The van der Waals surface area contributed by atoms with E-state index in [1.807, 2.05) is 0 Å². The fourth-order valence-corrected chi connectivity index (χ4v) is 5.91. The number of nitrogens with zero attached hydrogens (tertiary/aromatic N) is 4. The second-order valence-corrected chi connectivity index (χ2v) is 10.7. The van der Waals surface area contributed by atoms with Crippen LogP contribution in [0.3, 0.4) is 0 Å². The molecule has 31 heavy (non-hydrogen) atoms. The fraction of sp³-hybridized carbons (Fsp3) is 0.417. The first-order chi connectivity index (χ1) is 14.2. The highest BCUT2D eigenvalue weighted by Gasteiger charge is 2.45. The van der Waals surface area contributed by atoms with Gasteiger partial charge in [-0.2, -0.15) is 18.2 Å². The second kappa shape index (κ2) is 8.32. The Kier molecular flexibility index (Phi) is 6.43. The van der Waals surface area contributed by atoms with Crippen LogP contribution < -0.4 is 5.73 Å². The lowest BCUT2D eigenvalue weighted by atomic mass is 9.92. The van der Waals surface area contributed by atoms with E-state index in [2.05, 4.69) is 34.1 Å². The van der Waals surface area contributed by atoms with Gasteiger partial charge in [0.2, 0.25) is 5.95 Å². The summed E-state index contributed by atoms with van der Waals surface area (Å²) in [5, 5.41) is 4.08. The summed E-state index contributed by atoms with van der Waals surface area (Å²) in [6.45, 7) is -0.713. The van der Waals surface area contributed by atoms with Gasteiger partial charge >= 0.3 is 23.5 Å². The van der Waals surface area contributed by atoms with E-state index in [9.17, 15) is 23.5 Å². The molecule has 0 aromatic carbocycles. The molecule has 4 unspecified atom stereocenters. The van der Waals surface area contributed by atoms with Crippen molar-refractivity contribution in [2.45, 2.75) is 17.9 Å². The first-order valence-electron chi connectivity index (χ1n) is 8.09. The molecule has 170 valence electrons. The number of phosphoric ester groups is 1. The Balaban J connectivity index is 1.70. The quantitative estimate of drug-likeness (QED) is 0.236. The van der Waals surface area contributed by atoms with Gasteiger partial charge in [-0.15, -0.1) is 6.42 Å². The van der Waals surface area contributed by atoms with Crippen molar-refractivity contribution in [3.05, 3.63) is 18.1 Å². The third kappa shape index (κ3) is 5.75. The number of hydrogen-bond acceptors (Lipinski definition) is 11. The number of anilines is 1. The van der Waals surface area contributed by atoms with Gasteiger partial charge in [-0.1, -0.05) is 5.92 Å². The minimum Gasteiger partial charge on any atom is -0.368 e. The highest BCUT2D eigenvalue weighted by atomic mass is 31.3. The second-order valence-electron chi connectivity index (χ2n) is 6.28. The van der Waals surface area contributed by atoms with Crippen molar-refractivity contribution >= 4 is 35.1 Å². The maximum Gasteiger partial charge on any atom is 0.490 e. The zero-order valence-corrected chi connectivity index (χ0v) is 18.0. The zero-order valence-electron chi connectivity index (χ0n) is 15.3. The SMILES string of the molecule is C#CC1(COP(=O)(O)OP(=O)(O)OP(=O)(O)O)CC(c2cnn3c(N)ncnc23)CO1. The third-order valence-corrected chi connectivity index (χ3v) is 7.86. The molecular formula is C12H16N5O11P3. The Morgan fingerprint density at radius 2 is 1.97 bits per heavy atom. The van der Waals surface area contributed by atoms with Gasteiger partial charge in [0.25, 0.3) is 0 Å². The standard InChI is InChI=1S/C12H16N5O11P3/c1-2-12(6-26-30(21,22)28-31(23,24)27-29(18,19)20)3-8(5-25-12)9-4-16-17-10(9)14-7-15-11(17)13/h1,4,7-8H,3,5-6H2,(H,21,22)(H,23,24)(H2,13,14,15)(H2,18,19,20). The normalized spacial score (nSPS) is 25.7. The van der Waals surface area contributed by atoms with Crippen molar-refractivity contribution in [1.82, 2.24) is 19.6 Å². The van der Waals surface area contributed by atoms with Crippen molar-refractivity contribution in [3.63, 3.8) is 0 Å². The summed E-state index contributed by atoms with van der Waals surface area (Å²) in [5.74, 6) is 2.03. The van der Waals surface area contributed by atoms with Crippen LogP contribution in [0.1, 0.15) is 17.9 Å². The van der Waals surface area contributed by atoms with Gasteiger partial charge in [0.05, 0.1) is 19.4 Å². The topological polar surface area (TPSA) is 238 Å². The largest absolute Gasteiger partial charge is 0.490 e. The van der Waals surface area contributed by atoms with Crippen molar-refractivity contribution < 1.29 is 51.2 Å². The summed E-state index contributed by atoms with van der Waals surface area (Å²) in [6.07, 6.45) is 8.30. The Bertz CT molecular complexity index is 1170. The molecule has 2 aromatic rings. The fourth-order valence-electron chi connectivity index (χ4n) is 2.84. The maximum absolute atomic E-state index is 11.9. The molecule has 1 fully saturated rings. The molecule has 6 N–H and O–H groups in total. The number of fused-ring (bicyclic) bond motifs is 1. The lowest BCUT2D eigenvalue weighted by Crippen LogP contribution is -2.31. The number of nitrogen functional groups attached to an aromatic ring is 1. The number of phosphoric acid groups is 3. The van der Waals surface area contributed by atoms with Crippen molar-refractivity contribution in [2.75, 3.05) is 18.9 Å². The van der Waals surface area contributed by atoms with Crippen molar-refractivity contribution in [2.24, 2.45) is 0 Å². The lowest BCUT2D eigenvalue weighted by Gasteiger charge is -2.23. The lowest BCUT2D eigenvalue weighted by molar-refractivity contribution is 0.00531. The molecule has 0 bridgehead atoms. The predicted molar refractivity (Wildman–Crippen MR) is 99.9 cm³/mol. The molecule has 1 aliphatic rings. The van der Waals surface area contributed by atoms with Crippen LogP contribution in [0.5, 0.6) is 0 Å². The molecule has 0 radical (unpaired) electrons. The summed E-state index contributed by atoms with van der Waals surface area (Å²) >= 11 is 0. The van der Waals surface area contributed by atoms with Gasteiger partial charge in [-0.25, -0.2) is 23.7 Å². The van der Waals surface area contributed by atoms with Gasteiger partial charge in [-0.3, -0.25) is 4.52 Å². The summed E-state index contributed by atoms with van der Waals surface area (Å²) in [7, 11) is -16.5. The minimum absolute atomic E-state index is 0.0508. The number of nitrogens with two attached hydrogens (primary N) is 1. The first-order valence-corrected chi connectivity index (χ1v) is 12.6. The number of aromatic nitrogens is 4. The van der Waals surface area contributed by atoms with E-state index in [1.165, 1.54) is 17.0 Å². The molecule has 3 heterocycles. The maximum atomic E-state index is 11.9. The Hall–Kier alpha value is -1.72. The summed E-state index contributed by atoms with van der Waals surface area (Å²) < 4.78 is 52.8. The Morgan fingerprint density at radius 3 is 2.61 bits per heavy atom. The number of ether oxygens (including phenoxy) is 1. The van der Waals surface area contributed by atoms with Crippen LogP contribution >= 0.6 is 23.5 Å². The highest BCUT2D eigenvalue weighted by molar-refractivity contribution is 7.66. The Labute approximate surface area is 173 Å². The van der Waals surface area contributed by atoms with E-state index >= 15 is 0 Å². The Morgan fingerprint density at radius 1 is 1.26 bits per heavy atom. The van der Waals surface area contributed by atoms with E-state index in [0.29, 0.717) is 11.2 Å². The smallest absolute Gasteiger partial charge is 0.368 e. The monoisotopic (exact) mass is 499 g/mol. The van der Waals surface area contributed by atoms with Gasteiger partial charge in [0.15, 0.2) is 11.2 Å². The van der Waals surface area contributed by atoms with Crippen LogP contribution in [0.15, 0.2) is 12.5 Å². The molecule has 0 aliphatic carbocycles. The van der Waals surface area contributed by atoms with E-state index in [4.69, 9.17) is 26.7 Å². The predicted octanol–water partition coefficient (Wildman–Crippen LogP) is -0.0743. The minimum atomic E-state index is -5.64. The van der Waals surface area contributed by atoms with Crippen LogP contribution in [-0.2, 0) is 31.6 Å². The molecule has 2 aromatic heterocycles.